The molecular formula is C19H20BFN2O3. The Morgan fingerprint density at radius 3 is 2.35 bits per heavy atom. The third-order valence-electron chi connectivity index (χ3n) is 5.24. The van der Waals surface area contributed by atoms with Gasteiger partial charge >= 0.3 is 7.12 Å². The maximum atomic E-state index is 14.9. The van der Waals surface area contributed by atoms with Gasteiger partial charge in [-0.1, -0.05) is 24.3 Å². The molecule has 1 aliphatic heterocycles. The lowest BCUT2D eigenvalue weighted by Gasteiger charge is -2.32. The van der Waals surface area contributed by atoms with Gasteiger partial charge in [0.15, 0.2) is 5.58 Å². The fourth-order valence-electron chi connectivity index (χ4n) is 3.06. The maximum Gasteiger partial charge on any atom is 0.494 e. The molecule has 7 heteroatoms. The first-order valence-electron chi connectivity index (χ1n) is 8.48. The van der Waals surface area contributed by atoms with Crippen LogP contribution >= 0.6 is 0 Å². The van der Waals surface area contributed by atoms with Gasteiger partial charge in [-0.3, -0.25) is 0 Å². The molecule has 26 heavy (non-hydrogen) atoms. The van der Waals surface area contributed by atoms with E-state index in [1.807, 2.05) is 33.8 Å². The van der Waals surface area contributed by atoms with Crippen molar-refractivity contribution in [1.29, 1.82) is 0 Å². The van der Waals surface area contributed by atoms with Gasteiger partial charge in [0.2, 0.25) is 0 Å². The van der Waals surface area contributed by atoms with Crippen molar-refractivity contribution in [2.75, 3.05) is 5.73 Å². The Kier molecular flexibility index (Phi) is 3.65. The number of hydrogen-bond donors (Lipinski definition) is 1. The van der Waals surface area contributed by atoms with Gasteiger partial charge in [-0.15, -0.1) is 0 Å². The van der Waals surface area contributed by atoms with E-state index in [0.717, 1.165) is 0 Å². The normalized spacial score (nSPS) is 18.6. The van der Waals surface area contributed by atoms with E-state index in [0.29, 0.717) is 27.7 Å². The number of nitrogens with two attached hydrogens (primary N) is 1. The van der Waals surface area contributed by atoms with Crippen LogP contribution in [-0.2, 0) is 9.31 Å². The van der Waals surface area contributed by atoms with Crippen LogP contribution in [0.2, 0.25) is 0 Å². The van der Waals surface area contributed by atoms with Gasteiger partial charge in [-0.05, 0) is 45.3 Å². The summed E-state index contributed by atoms with van der Waals surface area (Å²) in [5.74, 6) is -0.383. The molecule has 0 bridgehead atoms. The second-order valence-electron chi connectivity index (χ2n) is 7.53. The summed E-state index contributed by atoms with van der Waals surface area (Å²) < 4.78 is 32.2. The van der Waals surface area contributed by atoms with E-state index in [4.69, 9.17) is 19.5 Å². The predicted octanol–water partition coefficient (Wildman–Crippen LogP) is 3.52. The molecule has 1 aliphatic rings. The zero-order valence-electron chi connectivity index (χ0n) is 15.2. The molecule has 2 heterocycles. The second kappa shape index (κ2) is 5.56. The molecule has 0 spiro atoms. The van der Waals surface area contributed by atoms with Crippen molar-refractivity contribution in [3.05, 3.63) is 42.2 Å². The molecule has 0 amide bonds. The van der Waals surface area contributed by atoms with Crippen molar-refractivity contribution >= 4 is 29.7 Å². The number of nitrogens with zero attached hydrogens (tertiary/aromatic N) is 1. The summed E-state index contributed by atoms with van der Waals surface area (Å²) in [6, 6.07) is 10.3. The van der Waals surface area contributed by atoms with Crippen molar-refractivity contribution in [1.82, 2.24) is 4.98 Å². The first-order chi connectivity index (χ1) is 12.2. The molecule has 2 N–H and O–H groups in total. The largest absolute Gasteiger partial charge is 0.494 e. The molecular weight excluding hydrogens is 334 g/mol. The van der Waals surface area contributed by atoms with Crippen LogP contribution < -0.4 is 11.2 Å². The molecule has 0 saturated carbocycles. The number of fused-ring (bicyclic) bond motifs is 1. The Morgan fingerprint density at radius 1 is 1.00 bits per heavy atom. The van der Waals surface area contributed by atoms with E-state index in [1.54, 1.807) is 24.3 Å². The standard InChI is InChI=1S/C19H20BFN2O3/c1-18(2)19(3,4)26-20(25-18)11-8-9-12(14(21)10-11)13-6-5-7-15-16(13)23-17(22)24-15/h5-10H,1-4H3,(H2,22,23). The fraction of sp³-hybridized carbons (Fsp3) is 0.316. The van der Waals surface area contributed by atoms with Crippen LogP contribution in [0.15, 0.2) is 40.8 Å². The summed E-state index contributed by atoms with van der Waals surface area (Å²) in [5, 5.41) is 0. The molecule has 0 unspecified atom stereocenters. The molecule has 1 fully saturated rings. The van der Waals surface area contributed by atoms with Crippen LogP contribution in [0.25, 0.3) is 22.2 Å². The number of benzene rings is 2. The number of nitrogen functional groups attached to an aromatic ring is 1. The summed E-state index contributed by atoms with van der Waals surface area (Å²) in [7, 11) is -0.609. The first-order valence-corrected chi connectivity index (χ1v) is 8.48. The lowest BCUT2D eigenvalue weighted by molar-refractivity contribution is 0.00578. The highest BCUT2D eigenvalue weighted by Crippen LogP contribution is 2.37. The van der Waals surface area contributed by atoms with Crippen LogP contribution in [0.1, 0.15) is 27.7 Å². The van der Waals surface area contributed by atoms with E-state index in [9.17, 15) is 4.39 Å². The quantitative estimate of drug-likeness (QED) is 0.713. The van der Waals surface area contributed by atoms with E-state index in [2.05, 4.69) is 4.98 Å². The van der Waals surface area contributed by atoms with Gasteiger partial charge in [-0.25, -0.2) is 4.39 Å². The Balaban J connectivity index is 1.73. The van der Waals surface area contributed by atoms with Crippen LogP contribution in [0.3, 0.4) is 0 Å². The van der Waals surface area contributed by atoms with Crippen LogP contribution in [-0.4, -0.2) is 23.3 Å². The number of oxazole rings is 1. The molecule has 134 valence electrons. The fourth-order valence-corrected chi connectivity index (χ4v) is 3.06. The highest BCUT2D eigenvalue weighted by molar-refractivity contribution is 6.62. The van der Waals surface area contributed by atoms with Crippen molar-refractivity contribution < 1.29 is 18.1 Å². The van der Waals surface area contributed by atoms with Crippen molar-refractivity contribution in [3.63, 3.8) is 0 Å². The third-order valence-corrected chi connectivity index (χ3v) is 5.24. The Hall–Kier alpha value is -2.38. The number of anilines is 1. The topological polar surface area (TPSA) is 70.5 Å². The average Bonchev–Trinajstić information content (AvgIpc) is 3.03. The number of rotatable bonds is 2. The van der Waals surface area contributed by atoms with Gasteiger partial charge in [0.25, 0.3) is 6.01 Å². The minimum Gasteiger partial charge on any atom is -0.424 e. The van der Waals surface area contributed by atoms with Crippen molar-refractivity contribution in [2.24, 2.45) is 0 Å². The molecule has 0 atom stereocenters. The van der Waals surface area contributed by atoms with Crippen LogP contribution in [0.5, 0.6) is 0 Å². The summed E-state index contributed by atoms with van der Waals surface area (Å²) in [4.78, 5) is 4.16. The molecule has 0 aliphatic carbocycles. The Labute approximate surface area is 151 Å². The molecule has 1 saturated heterocycles. The second-order valence-corrected chi connectivity index (χ2v) is 7.53. The minimum atomic E-state index is -0.609. The van der Waals surface area contributed by atoms with Gasteiger partial charge in [0, 0.05) is 11.1 Å². The highest BCUT2D eigenvalue weighted by atomic mass is 19.1. The van der Waals surface area contributed by atoms with Crippen LogP contribution in [0, 0.1) is 5.82 Å². The highest BCUT2D eigenvalue weighted by Gasteiger charge is 2.51. The van der Waals surface area contributed by atoms with Crippen LogP contribution in [0.4, 0.5) is 10.4 Å². The molecule has 1 aromatic heterocycles. The van der Waals surface area contributed by atoms with Crippen molar-refractivity contribution in [2.45, 2.75) is 38.9 Å². The molecule has 5 nitrogen and oxygen atoms in total. The van der Waals surface area contributed by atoms with E-state index < -0.39 is 18.3 Å². The van der Waals surface area contributed by atoms with E-state index in [-0.39, 0.29) is 11.8 Å². The van der Waals surface area contributed by atoms with Gasteiger partial charge in [0.1, 0.15) is 11.3 Å². The number of halogens is 1. The molecule has 0 radical (unpaired) electrons. The van der Waals surface area contributed by atoms with Gasteiger partial charge in [0.05, 0.1) is 11.2 Å². The summed E-state index contributed by atoms with van der Waals surface area (Å²) in [6.07, 6.45) is 0. The smallest absolute Gasteiger partial charge is 0.424 e. The molecule has 4 rings (SSSR count). The van der Waals surface area contributed by atoms with E-state index >= 15 is 0 Å². The summed E-state index contributed by atoms with van der Waals surface area (Å²) >= 11 is 0. The zero-order chi connectivity index (χ0) is 18.7. The van der Waals surface area contributed by atoms with Gasteiger partial charge < -0.3 is 19.5 Å². The number of hydrogen-bond acceptors (Lipinski definition) is 5. The monoisotopic (exact) mass is 354 g/mol. The summed E-state index contributed by atoms with van der Waals surface area (Å²) in [5.41, 5.74) is 7.42. The molecule has 3 aromatic rings. The maximum absolute atomic E-state index is 14.9. The lowest BCUT2D eigenvalue weighted by Crippen LogP contribution is -2.41. The van der Waals surface area contributed by atoms with E-state index in [1.165, 1.54) is 6.07 Å². The molecule has 2 aromatic carbocycles. The Bertz CT molecular complexity index is 984. The summed E-state index contributed by atoms with van der Waals surface area (Å²) in [6.45, 7) is 7.86. The van der Waals surface area contributed by atoms with Gasteiger partial charge in [-0.2, -0.15) is 4.98 Å². The number of para-hydroxylation sites is 1. The number of aromatic nitrogens is 1. The van der Waals surface area contributed by atoms with Crippen molar-refractivity contribution in [3.8, 4) is 11.1 Å². The average molecular weight is 354 g/mol. The minimum absolute atomic E-state index is 0.0571. The SMILES string of the molecule is CC1(C)OB(c2ccc(-c3cccc4oc(N)nc34)c(F)c2)OC1(C)C. The Morgan fingerprint density at radius 2 is 1.69 bits per heavy atom. The predicted molar refractivity (Wildman–Crippen MR) is 99.5 cm³/mol. The zero-order valence-corrected chi connectivity index (χ0v) is 15.2. The lowest BCUT2D eigenvalue weighted by atomic mass is 9.78. The first kappa shape index (κ1) is 17.1. The third kappa shape index (κ3) is 2.59.